The summed E-state index contributed by atoms with van der Waals surface area (Å²) in [4.78, 5) is 14.3. The van der Waals surface area contributed by atoms with Crippen LogP contribution >= 0.6 is 0 Å². The van der Waals surface area contributed by atoms with E-state index in [4.69, 9.17) is 5.11 Å². The molecule has 0 bridgehead atoms. The summed E-state index contributed by atoms with van der Waals surface area (Å²) < 4.78 is 0. The standard InChI is InChI=1S/C28H55N3O2/c1-2-3-4-5-6-7-8-9-10-11-12-13-14-15-16-17-18-19-20-21-28(33)29-31-24-22-30(23-25-31)26-27-32/h9-10,32H,2-8,11-27H2,1H3,(H,29,33)/b10-9-. The van der Waals surface area contributed by atoms with Gasteiger partial charge in [-0.2, -0.15) is 0 Å². The summed E-state index contributed by atoms with van der Waals surface area (Å²) in [5, 5.41) is 11.0. The fourth-order valence-corrected chi connectivity index (χ4v) is 4.52. The van der Waals surface area contributed by atoms with Crippen LogP contribution in [0.1, 0.15) is 122 Å². The zero-order chi connectivity index (χ0) is 23.8. The summed E-state index contributed by atoms with van der Waals surface area (Å²) >= 11 is 0. The van der Waals surface area contributed by atoms with Gasteiger partial charge in [-0.05, 0) is 32.1 Å². The van der Waals surface area contributed by atoms with E-state index in [-0.39, 0.29) is 12.5 Å². The average Bonchev–Trinajstić information content (AvgIpc) is 2.82. The Morgan fingerprint density at radius 3 is 1.73 bits per heavy atom. The quantitative estimate of drug-likeness (QED) is 0.147. The zero-order valence-electron chi connectivity index (χ0n) is 21.9. The molecule has 0 aromatic heterocycles. The topological polar surface area (TPSA) is 55.8 Å². The molecular formula is C28H55N3O2. The molecule has 5 heteroatoms. The van der Waals surface area contributed by atoms with Gasteiger partial charge in [0, 0.05) is 39.1 Å². The zero-order valence-corrected chi connectivity index (χ0v) is 21.9. The summed E-state index contributed by atoms with van der Waals surface area (Å²) in [5.74, 6) is 0.159. The van der Waals surface area contributed by atoms with Crippen LogP contribution in [-0.2, 0) is 4.79 Å². The number of β-amino-alcohol motifs (C(OH)–C–C–N with tert-alkyl or cyclic N) is 1. The molecule has 1 aliphatic rings. The molecule has 5 nitrogen and oxygen atoms in total. The highest BCUT2D eigenvalue weighted by Crippen LogP contribution is 2.12. The van der Waals surface area contributed by atoms with Crippen molar-refractivity contribution in [2.45, 2.75) is 122 Å². The van der Waals surface area contributed by atoms with Crippen molar-refractivity contribution in [3.63, 3.8) is 0 Å². The molecule has 0 aromatic rings. The molecule has 0 unspecified atom stereocenters. The third-order valence-corrected chi connectivity index (χ3v) is 6.74. The van der Waals surface area contributed by atoms with Gasteiger partial charge in [-0.15, -0.1) is 0 Å². The van der Waals surface area contributed by atoms with Gasteiger partial charge in [-0.3, -0.25) is 15.1 Å². The van der Waals surface area contributed by atoms with Gasteiger partial charge in [0.15, 0.2) is 0 Å². The SMILES string of the molecule is CCCCCCCC/C=C\CCCCCCCCCCCC(=O)NN1CCN(CCO)CC1. The molecule has 0 saturated carbocycles. The van der Waals surface area contributed by atoms with E-state index in [1.807, 2.05) is 5.01 Å². The first-order valence-electron chi connectivity index (χ1n) is 14.3. The van der Waals surface area contributed by atoms with Crippen LogP contribution in [0.4, 0.5) is 0 Å². The van der Waals surface area contributed by atoms with Gasteiger partial charge < -0.3 is 5.11 Å². The van der Waals surface area contributed by atoms with E-state index in [1.54, 1.807) is 0 Å². The molecule has 1 rings (SSSR count). The number of piperazine rings is 1. The molecule has 0 aromatic carbocycles. The van der Waals surface area contributed by atoms with Crippen molar-refractivity contribution in [3.05, 3.63) is 12.2 Å². The number of aliphatic hydroxyl groups is 1. The summed E-state index contributed by atoms with van der Waals surface area (Å²) in [6.45, 7) is 6.75. The third kappa shape index (κ3) is 19.1. The van der Waals surface area contributed by atoms with Crippen LogP contribution in [0.15, 0.2) is 12.2 Å². The van der Waals surface area contributed by atoms with Crippen LogP contribution < -0.4 is 5.43 Å². The summed E-state index contributed by atoms with van der Waals surface area (Å²) in [6.07, 6.45) is 27.9. The normalized spacial score (nSPS) is 15.5. The number of allylic oxidation sites excluding steroid dienone is 2. The number of hydrogen-bond acceptors (Lipinski definition) is 4. The maximum atomic E-state index is 12.1. The molecular weight excluding hydrogens is 410 g/mol. The van der Waals surface area contributed by atoms with E-state index < -0.39 is 0 Å². The Balaban J connectivity index is 1.77. The second-order valence-electron chi connectivity index (χ2n) is 9.84. The van der Waals surface area contributed by atoms with Crippen molar-refractivity contribution < 1.29 is 9.90 Å². The lowest BCUT2D eigenvalue weighted by Crippen LogP contribution is -2.53. The van der Waals surface area contributed by atoms with Crippen molar-refractivity contribution in [2.24, 2.45) is 0 Å². The minimum atomic E-state index is 0.159. The molecule has 0 aliphatic carbocycles. The molecule has 0 radical (unpaired) electrons. The second-order valence-corrected chi connectivity index (χ2v) is 9.84. The van der Waals surface area contributed by atoms with Gasteiger partial charge in [0.2, 0.25) is 5.91 Å². The maximum absolute atomic E-state index is 12.1. The van der Waals surface area contributed by atoms with Crippen LogP contribution in [0, 0.1) is 0 Å². The van der Waals surface area contributed by atoms with Gasteiger partial charge in [0.05, 0.1) is 6.61 Å². The Morgan fingerprint density at radius 2 is 1.21 bits per heavy atom. The molecule has 0 atom stereocenters. The lowest BCUT2D eigenvalue weighted by atomic mass is 10.1. The molecule has 1 fully saturated rings. The fraction of sp³-hybridized carbons (Fsp3) is 0.893. The first-order valence-corrected chi connectivity index (χ1v) is 14.3. The number of nitrogens with zero attached hydrogens (tertiary/aromatic N) is 2. The van der Waals surface area contributed by atoms with E-state index in [9.17, 15) is 4.79 Å². The monoisotopic (exact) mass is 465 g/mol. The van der Waals surface area contributed by atoms with E-state index in [0.29, 0.717) is 6.42 Å². The van der Waals surface area contributed by atoms with Crippen molar-refractivity contribution in [1.82, 2.24) is 15.3 Å². The van der Waals surface area contributed by atoms with Crippen LogP contribution in [0.5, 0.6) is 0 Å². The smallest absolute Gasteiger partial charge is 0.234 e. The molecule has 1 aliphatic heterocycles. The Labute approximate surface area is 205 Å². The predicted molar refractivity (Wildman–Crippen MR) is 141 cm³/mol. The number of unbranched alkanes of at least 4 members (excludes halogenated alkanes) is 15. The number of aliphatic hydroxyl groups excluding tert-OH is 1. The van der Waals surface area contributed by atoms with Crippen molar-refractivity contribution in [2.75, 3.05) is 39.3 Å². The second kappa shape index (κ2) is 22.9. The predicted octanol–water partition coefficient (Wildman–Crippen LogP) is 6.23. The first kappa shape index (κ1) is 30.1. The van der Waals surface area contributed by atoms with Crippen molar-refractivity contribution in [1.29, 1.82) is 0 Å². The summed E-state index contributed by atoms with van der Waals surface area (Å²) in [7, 11) is 0. The van der Waals surface area contributed by atoms with E-state index >= 15 is 0 Å². The Kier molecular flexibility index (Phi) is 20.9. The molecule has 33 heavy (non-hydrogen) atoms. The van der Waals surface area contributed by atoms with Gasteiger partial charge in [0.1, 0.15) is 0 Å². The van der Waals surface area contributed by atoms with E-state index in [0.717, 1.165) is 39.1 Å². The molecule has 1 heterocycles. The van der Waals surface area contributed by atoms with Crippen LogP contribution in [-0.4, -0.2) is 60.3 Å². The minimum absolute atomic E-state index is 0.159. The van der Waals surface area contributed by atoms with Crippen LogP contribution in [0.2, 0.25) is 0 Å². The number of rotatable bonds is 22. The summed E-state index contributed by atoms with van der Waals surface area (Å²) in [5.41, 5.74) is 3.04. The van der Waals surface area contributed by atoms with Gasteiger partial charge >= 0.3 is 0 Å². The fourth-order valence-electron chi connectivity index (χ4n) is 4.52. The molecule has 1 amide bonds. The number of nitrogens with one attached hydrogen (secondary N) is 1. The molecule has 0 spiro atoms. The number of carbonyl (C=O) groups excluding carboxylic acids is 1. The average molecular weight is 466 g/mol. The summed E-state index contributed by atoms with van der Waals surface area (Å²) in [6, 6.07) is 0. The van der Waals surface area contributed by atoms with Crippen molar-refractivity contribution in [3.8, 4) is 0 Å². The lowest BCUT2D eigenvalue weighted by Gasteiger charge is -2.34. The molecule has 1 saturated heterocycles. The number of hydrazine groups is 1. The lowest BCUT2D eigenvalue weighted by molar-refractivity contribution is -0.127. The van der Waals surface area contributed by atoms with E-state index in [2.05, 4.69) is 29.4 Å². The molecule has 194 valence electrons. The Bertz CT molecular complexity index is 462. The highest BCUT2D eigenvalue weighted by Gasteiger charge is 2.17. The highest BCUT2D eigenvalue weighted by molar-refractivity contribution is 5.75. The Morgan fingerprint density at radius 1 is 0.727 bits per heavy atom. The van der Waals surface area contributed by atoms with Crippen LogP contribution in [0.25, 0.3) is 0 Å². The largest absolute Gasteiger partial charge is 0.395 e. The maximum Gasteiger partial charge on any atom is 0.234 e. The van der Waals surface area contributed by atoms with Crippen molar-refractivity contribution >= 4 is 5.91 Å². The number of carbonyl (C=O) groups is 1. The van der Waals surface area contributed by atoms with Gasteiger partial charge in [0.25, 0.3) is 0 Å². The minimum Gasteiger partial charge on any atom is -0.395 e. The van der Waals surface area contributed by atoms with E-state index in [1.165, 1.54) is 103 Å². The Hall–Kier alpha value is -0.910. The number of amides is 1. The highest BCUT2D eigenvalue weighted by atomic mass is 16.3. The number of hydrogen-bond donors (Lipinski definition) is 2. The van der Waals surface area contributed by atoms with Crippen LogP contribution in [0.3, 0.4) is 0 Å². The molecule has 2 N–H and O–H groups in total. The van der Waals surface area contributed by atoms with Gasteiger partial charge in [-0.1, -0.05) is 96.1 Å². The third-order valence-electron chi connectivity index (χ3n) is 6.74. The first-order chi connectivity index (χ1) is 16.3. The van der Waals surface area contributed by atoms with Gasteiger partial charge in [-0.25, -0.2) is 5.01 Å².